The molecule has 11 heteroatoms. The first-order valence-corrected chi connectivity index (χ1v) is 7.85. The molecule has 0 N–H and O–H groups in total. The van der Waals surface area contributed by atoms with Crippen molar-refractivity contribution in [2.24, 2.45) is 5.92 Å². The topological polar surface area (TPSA) is 0 Å². The molecule has 24 heavy (non-hydrogen) atoms. The van der Waals surface area contributed by atoms with Crippen LogP contribution < -0.4 is 0 Å². The minimum atomic E-state index is -4.99. The number of hydrogen-bond acceptors (Lipinski definition) is 0. The summed E-state index contributed by atoms with van der Waals surface area (Å²) in [5.74, 6) is -15.3. The zero-order valence-corrected chi connectivity index (χ0v) is 19.0. The molecule has 0 spiro atoms. The van der Waals surface area contributed by atoms with Gasteiger partial charge >= 0.3 is 6.18 Å². The number of alkyl halides is 10. The second-order valence-electron chi connectivity index (χ2n) is 5.70. The van der Waals surface area contributed by atoms with E-state index in [4.69, 9.17) is 0 Å². The molecule has 0 aliphatic rings. The molecule has 0 rings (SSSR count). The molecule has 0 nitrogen and oxygen atoms in total. The summed E-state index contributed by atoms with van der Waals surface area (Å²) in [5, 5.41) is 0. The molecule has 0 aliphatic heterocycles. The fourth-order valence-electron chi connectivity index (χ4n) is 2.09. The van der Waals surface area contributed by atoms with Crippen LogP contribution in [0.5, 0.6) is 0 Å². The Morgan fingerprint density at radius 3 is 1.67 bits per heavy atom. The Morgan fingerprint density at radius 1 is 0.875 bits per heavy atom. The molecule has 0 aromatic carbocycles. The molecule has 0 amide bonds. The molecule has 2 atom stereocenters. The van der Waals surface area contributed by atoms with E-state index in [1.807, 2.05) is 0 Å². The average Bonchev–Trinajstić information content (AvgIpc) is 2.20. The van der Waals surface area contributed by atoms with Gasteiger partial charge in [0.1, 0.15) is 0 Å². The maximum Gasteiger partial charge on any atom is 0.392 e. The van der Waals surface area contributed by atoms with Crippen molar-refractivity contribution >= 4 is 22.6 Å². The molecular formula is C13H17F9IU-. The van der Waals surface area contributed by atoms with Crippen LogP contribution in [0.25, 0.3) is 0 Å². The predicted molar refractivity (Wildman–Crippen MR) is 76.3 cm³/mol. The summed E-state index contributed by atoms with van der Waals surface area (Å²) in [6.07, 6.45) is -12.0. The maximum absolute atomic E-state index is 13.6. The van der Waals surface area contributed by atoms with Crippen molar-refractivity contribution in [1.29, 1.82) is 0 Å². The molecule has 0 bridgehead atoms. The van der Waals surface area contributed by atoms with Crippen molar-refractivity contribution in [2.45, 2.75) is 66.9 Å². The summed E-state index contributed by atoms with van der Waals surface area (Å²) >= 11 is 1.60. The van der Waals surface area contributed by atoms with E-state index < -0.39 is 59.5 Å². The van der Waals surface area contributed by atoms with Gasteiger partial charge in [0.2, 0.25) is 0 Å². The number of halogens is 10. The quantitative estimate of drug-likeness (QED) is 0.109. The smallest absolute Gasteiger partial charge is 0.342 e. The molecular weight excluding hydrogens is 692 g/mol. The Labute approximate surface area is 172 Å². The van der Waals surface area contributed by atoms with Gasteiger partial charge in [-0.05, 0) is 17.3 Å². The molecule has 0 aliphatic carbocycles. The largest absolute Gasteiger partial charge is 0.392 e. The van der Waals surface area contributed by atoms with Crippen molar-refractivity contribution in [3.8, 4) is 0 Å². The minimum Gasteiger partial charge on any atom is -0.342 e. The van der Waals surface area contributed by atoms with Crippen LogP contribution in [-0.4, -0.2) is 27.9 Å². The Balaban J connectivity index is 0. The summed E-state index contributed by atoms with van der Waals surface area (Å²) in [6, 6.07) is 0. The van der Waals surface area contributed by atoms with Crippen molar-refractivity contribution in [3.05, 3.63) is 6.92 Å². The zero-order chi connectivity index (χ0) is 18.7. The van der Waals surface area contributed by atoms with Crippen molar-refractivity contribution in [1.82, 2.24) is 0 Å². The van der Waals surface area contributed by atoms with E-state index in [1.54, 1.807) is 22.6 Å². The monoisotopic (exact) mass is 709 g/mol. The van der Waals surface area contributed by atoms with Gasteiger partial charge in [0, 0.05) is 37.5 Å². The Kier molecular flexibility index (Phi) is 11.3. The molecule has 144 valence electrons. The Bertz CT molecular complexity index is 365. The van der Waals surface area contributed by atoms with Crippen LogP contribution in [0.1, 0.15) is 39.0 Å². The molecule has 2 unspecified atom stereocenters. The fraction of sp³-hybridized carbons (Fsp3) is 0.923. The van der Waals surface area contributed by atoms with E-state index in [0.717, 1.165) is 0 Å². The van der Waals surface area contributed by atoms with Gasteiger partial charge in [-0.2, -0.15) is 19.6 Å². The molecule has 0 aromatic heterocycles. The molecule has 0 saturated carbocycles. The van der Waals surface area contributed by atoms with E-state index >= 15 is 0 Å². The summed E-state index contributed by atoms with van der Waals surface area (Å²) in [7, 11) is 0. The first kappa shape index (κ1) is 27.4. The molecule has 0 fully saturated rings. The van der Waals surface area contributed by atoms with Gasteiger partial charge in [0.15, 0.2) is 0 Å². The van der Waals surface area contributed by atoms with Crippen LogP contribution >= 0.6 is 22.6 Å². The van der Waals surface area contributed by atoms with Crippen LogP contribution in [0.3, 0.4) is 0 Å². The van der Waals surface area contributed by atoms with Gasteiger partial charge < -0.3 is 6.92 Å². The summed E-state index contributed by atoms with van der Waals surface area (Å²) in [4.78, 5) is 0. The van der Waals surface area contributed by atoms with Gasteiger partial charge in [0.05, 0.1) is 18.8 Å². The van der Waals surface area contributed by atoms with E-state index in [0.29, 0.717) is 0 Å². The summed E-state index contributed by atoms with van der Waals surface area (Å²) in [6.45, 7) is 3.48. The standard InChI is InChI=1S/C13H17F9I.U/c1-3-9(23)4-8(13(20,21)22)5-11(16,17)7-12(18,19)6-10(2,14)15;/h8-9H,1,3-7H2,2H3;/q-1;. The van der Waals surface area contributed by atoms with Gasteiger partial charge in [-0.1, -0.05) is 22.6 Å². The second kappa shape index (κ2) is 9.91. The molecule has 0 aromatic rings. The van der Waals surface area contributed by atoms with E-state index in [1.165, 1.54) is 0 Å². The van der Waals surface area contributed by atoms with Crippen molar-refractivity contribution in [2.75, 3.05) is 0 Å². The third kappa shape index (κ3) is 12.5. The number of hydrogen-bond donors (Lipinski definition) is 0. The normalized spacial score (nSPS) is 16.5. The van der Waals surface area contributed by atoms with Crippen LogP contribution in [0.4, 0.5) is 39.5 Å². The Morgan fingerprint density at radius 2 is 1.33 bits per heavy atom. The van der Waals surface area contributed by atoms with Gasteiger partial charge in [-0.3, -0.25) is 0 Å². The van der Waals surface area contributed by atoms with Crippen LogP contribution in [0.15, 0.2) is 0 Å². The predicted octanol–water partition coefficient (Wildman–Crippen LogP) is 6.68. The number of rotatable bonds is 9. The Hall–Kier alpha value is 1.15. The van der Waals surface area contributed by atoms with Crippen LogP contribution in [-0.2, 0) is 0 Å². The molecule has 0 radical (unpaired) electrons. The third-order valence-corrected chi connectivity index (χ3v) is 4.08. The summed E-state index contributed by atoms with van der Waals surface area (Å²) < 4.78 is 116. The van der Waals surface area contributed by atoms with E-state index in [-0.39, 0.29) is 44.5 Å². The van der Waals surface area contributed by atoms with Crippen molar-refractivity contribution < 1.29 is 70.6 Å². The SMILES string of the molecule is [CH2-]CC(I)CC(CC(F)(F)CC(F)(F)CC(C)(F)F)C(F)(F)F.[U]. The van der Waals surface area contributed by atoms with Crippen molar-refractivity contribution in [3.63, 3.8) is 0 Å². The molecule has 0 saturated heterocycles. The van der Waals surface area contributed by atoms with E-state index in [2.05, 4.69) is 6.92 Å². The van der Waals surface area contributed by atoms with E-state index in [9.17, 15) is 39.5 Å². The fourth-order valence-corrected chi connectivity index (χ4v) is 2.70. The average molecular weight is 709 g/mol. The van der Waals surface area contributed by atoms with Crippen LogP contribution in [0, 0.1) is 44.0 Å². The zero-order valence-electron chi connectivity index (χ0n) is 12.7. The third-order valence-electron chi connectivity index (χ3n) is 2.95. The first-order chi connectivity index (χ1) is 9.97. The first-order valence-electron chi connectivity index (χ1n) is 6.61. The van der Waals surface area contributed by atoms with Gasteiger partial charge in [-0.25, -0.2) is 26.3 Å². The van der Waals surface area contributed by atoms with Gasteiger partial charge in [-0.15, -0.1) is 0 Å². The summed E-state index contributed by atoms with van der Waals surface area (Å²) in [5.41, 5.74) is 0. The maximum atomic E-state index is 13.6. The second-order valence-corrected chi connectivity index (χ2v) is 7.46. The minimum absolute atomic E-state index is 0. The molecule has 0 heterocycles. The van der Waals surface area contributed by atoms with Crippen LogP contribution in [0.2, 0.25) is 0 Å². The van der Waals surface area contributed by atoms with Gasteiger partial charge in [0.25, 0.3) is 17.8 Å².